The molecule has 0 heterocycles. The van der Waals surface area contributed by atoms with Crippen LogP contribution in [-0.4, -0.2) is 35.8 Å². The first kappa shape index (κ1) is 14.2. The van der Waals surface area contributed by atoms with Crippen molar-refractivity contribution in [1.29, 1.82) is 0 Å². The maximum absolute atomic E-state index is 13.9. The van der Waals surface area contributed by atoms with Crippen molar-refractivity contribution >= 4 is 11.5 Å². The molecule has 1 rings (SSSR count). The normalized spacial score (nSPS) is 11.6. The van der Waals surface area contributed by atoms with Crippen LogP contribution in [0.2, 0.25) is 0 Å². The van der Waals surface area contributed by atoms with E-state index < -0.39 is 5.82 Å². The summed E-state index contributed by atoms with van der Waals surface area (Å²) in [7, 11) is 0. The van der Waals surface area contributed by atoms with Crippen molar-refractivity contribution in [3.8, 4) is 0 Å². The second-order valence-corrected chi connectivity index (χ2v) is 3.86. The molecule has 0 radical (unpaired) electrons. The third-order valence-electron chi connectivity index (χ3n) is 2.56. The number of hydrogen-bond donors (Lipinski definition) is 3. The molecule has 100 valence electrons. The lowest BCUT2D eigenvalue weighted by Crippen LogP contribution is -2.28. The minimum Gasteiger partial charge on any atom is -0.409 e. The summed E-state index contributed by atoms with van der Waals surface area (Å²) in [4.78, 5) is 1.76. The molecule has 5 nitrogen and oxygen atoms in total. The summed E-state index contributed by atoms with van der Waals surface area (Å²) in [6, 6.07) is 4.35. The lowest BCUT2D eigenvalue weighted by Gasteiger charge is -2.24. The highest BCUT2D eigenvalue weighted by Gasteiger charge is 2.12. The molecule has 0 spiro atoms. The molecule has 0 saturated heterocycles. The first-order chi connectivity index (χ1) is 8.63. The van der Waals surface area contributed by atoms with Gasteiger partial charge in [-0.3, -0.25) is 0 Å². The van der Waals surface area contributed by atoms with Crippen molar-refractivity contribution in [3.05, 3.63) is 29.6 Å². The zero-order chi connectivity index (χ0) is 13.5. The van der Waals surface area contributed by atoms with E-state index in [0.29, 0.717) is 24.3 Å². The number of benzene rings is 1. The number of halogens is 1. The Bertz CT molecular complexity index is 418. The third-order valence-corrected chi connectivity index (χ3v) is 2.56. The summed E-state index contributed by atoms with van der Waals surface area (Å²) in [6.07, 6.45) is 0.849. The van der Waals surface area contributed by atoms with Gasteiger partial charge in [0.15, 0.2) is 5.84 Å². The Morgan fingerprint density at radius 1 is 1.44 bits per heavy atom. The number of nitrogens with two attached hydrogens (primary N) is 1. The molecule has 6 heteroatoms. The Morgan fingerprint density at radius 2 is 2.17 bits per heavy atom. The van der Waals surface area contributed by atoms with Crippen molar-refractivity contribution in [2.45, 2.75) is 13.3 Å². The van der Waals surface area contributed by atoms with Gasteiger partial charge in [0.1, 0.15) is 5.82 Å². The molecule has 0 atom stereocenters. The Kier molecular flexibility index (Phi) is 5.38. The number of aliphatic hydroxyl groups is 1. The van der Waals surface area contributed by atoms with E-state index in [1.54, 1.807) is 17.0 Å². The van der Waals surface area contributed by atoms with Gasteiger partial charge in [-0.15, -0.1) is 0 Å². The maximum Gasteiger partial charge on any atom is 0.170 e. The number of hydrogen-bond acceptors (Lipinski definition) is 4. The van der Waals surface area contributed by atoms with E-state index >= 15 is 0 Å². The molecule has 0 saturated carbocycles. The van der Waals surface area contributed by atoms with Crippen molar-refractivity contribution in [3.63, 3.8) is 0 Å². The zero-order valence-corrected chi connectivity index (χ0v) is 10.3. The van der Waals surface area contributed by atoms with Crippen LogP contribution in [0, 0.1) is 5.82 Å². The Hall–Kier alpha value is -1.82. The lowest BCUT2D eigenvalue weighted by atomic mass is 10.1. The van der Waals surface area contributed by atoms with E-state index in [1.807, 2.05) is 6.92 Å². The summed E-state index contributed by atoms with van der Waals surface area (Å²) in [6.45, 7) is 2.96. The molecule has 0 amide bonds. The number of nitrogens with zero attached hydrogens (tertiary/aromatic N) is 2. The largest absolute Gasteiger partial charge is 0.409 e. The van der Waals surface area contributed by atoms with Crippen LogP contribution in [0.25, 0.3) is 0 Å². The van der Waals surface area contributed by atoms with Gasteiger partial charge in [0.25, 0.3) is 0 Å². The van der Waals surface area contributed by atoms with Crippen molar-refractivity contribution in [2.75, 3.05) is 24.6 Å². The summed E-state index contributed by atoms with van der Waals surface area (Å²) < 4.78 is 13.9. The van der Waals surface area contributed by atoms with Crippen LogP contribution < -0.4 is 10.6 Å². The van der Waals surface area contributed by atoms with E-state index in [9.17, 15) is 4.39 Å². The van der Waals surface area contributed by atoms with Crippen LogP contribution >= 0.6 is 0 Å². The molecule has 0 unspecified atom stereocenters. The summed E-state index contributed by atoms with van der Waals surface area (Å²) >= 11 is 0. The first-order valence-corrected chi connectivity index (χ1v) is 5.77. The molecular formula is C12H18FN3O2. The fraction of sp³-hybridized carbons (Fsp3) is 0.417. The zero-order valence-electron chi connectivity index (χ0n) is 10.3. The predicted octanol–water partition coefficient (Wildman–Crippen LogP) is 1.13. The van der Waals surface area contributed by atoms with E-state index in [2.05, 4.69) is 5.16 Å². The second-order valence-electron chi connectivity index (χ2n) is 3.86. The molecule has 0 aliphatic heterocycles. The number of anilines is 1. The molecule has 1 aromatic carbocycles. The van der Waals surface area contributed by atoms with Gasteiger partial charge in [-0.25, -0.2) is 4.39 Å². The van der Waals surface area contributed by atoms with Crippen LogP contribution in [0.3, 0.4) is 0 Å². The molecule has 0 aliphatic rings. The van der Waals surface area contributed by atoms with Gasteiger partial charge in [0.05, 0.1) is 12.3 Å². The highest BCUT2D eigenvalue weighted by Crippen LogP contribution is 2.20. The van der Waals surface area contributed by atoms with Crippen LogP contribution in [-0.2, 0) is 0 Å². The number of rotatable bonds is 6. The molecule has 0 aliphatic carbocycles. The van der Waals surface area contributed by atoms with E-state index in [0.717, 1.165) is 6.42 Å². The number of amidine groups is 1. The standard InChI is InChI=1S/C12H18FN3O2/c1-2-5-16(6-7-17)11-4-3-9(8-10(11)13)12(14)15-18/h3-4,8,17-18H,2,5-7H2,1H3,(H2,14,15). The molecule has 0 aromatic heterocycles. The molecule has 0 fully saturated rings. The van der Waals surface area contributed by atoms with Crippen LogP contribution in [0.5, 0.6) is 0 Å². The fourth-order valence-electron chi connectivity index (χ4n) is 1.72. The summed E-state index contributed by atoms with van der Waals surface area (Å²) in [5.41, 5.74) is 6.11. The van der Waals surface area contributed by atoms with E-state index in [1.165, 1.54) is 6.07 Å². The minimum absolute atomic E-state index is 0.0402. The quantitative estimate of drug-likeness (QED) is 0.308. The van der Waals surface area contributed by atoms with Crippen LogP contribution in [0.15, 0.2) is 23.4 Å². The van der Waals surface area contributed by atoms with Crippen LogP contribution in [0.4, 0.5) is 10.1 Å². The average molecular weight is 255 g/mol. The second kappa shape index (κ2) is 6.80. The van der Waals surface area contributed by atoms with E-state index in [4.69, 9.17) is 16.0 Å². The lowest BCUT2D eigenvalue weighted by molar-refractivity contribution is 0.301. The van der Waals surface area contributed by atoms with Crippen molar-refractivity contribution in [2.24, 2.45) is 10.9 Å². The minimum atomic E-state index is -0.457. The molecule has 4 N–H and O–H groups in total. The van der Waals surface area contributed by atoms with Gasteiger partial charge in [-0.2, -0.15) is 0 Å². The Morgan fingerprint density at radius 3 is 2.67 bits per heavy atom. The van der Waals surface area contributed by atoms with E-state index in [-0.39, 0.29) is 12.4 Å². The van der Waals surface area contributed by atoms with Gasteiger partial charge in [-0.05, 0) is 24.6 Å². The molecular weight excluding hydrogens is 237 g/mol. The molecule has 1 aromatic rings. The smallest absolute Gasteiger partial charge is 0.170 e. The summed E-state index contributed by atoms with van der Waals surface area (Å²) in [5, 5.41) is 20.3. The predicted molar refractivity (Wildman–Crippen MR) is 68.5 cm³/mol. The highest BCUT2D eigenvalue weighted by atomic mass is 19.1. The molecule has 0 bridgehead atoms. The Labute approximate surface area is 105 Å². The maximum atomic E-state index is 13.9. The number of oxime groups is 1. The Balaban J connectivity index is 3.02. The number of aliphatic hydroxyl groups excluding tert-OH is 1. The SMILES string of the molecule is CCCN(CCO)c1ccc(C(N)=NO)cc1F. The van der Waals surface area contributed by atoms with Gasteiger partial charge in [0.2, 0.25) is 0 Å². The third kappa shape index (κ3) is 3.33. The summed E-state index contributed by atoms with van der Waals surface area (Å²) in [5.74, 6) is -0.592. The highest BCUT2D eigenvalue weighted by molar-refractivity contribution is 5.97. The van der Waals surface area contributed by atoms with Gasteiger partial charge in [0, 0.05) is 18.7 Å². The average Bonchev–Trinajstić information content (AvgIpc) is 2.37. The molecule has 18 heavy (non-hydrogen) atoms. The van der Waals surface area contributed by atoms with Gasteiger partial charge >= 0.3 is 0 Å². The van der Waals surface area contributed by atoms with Gasteiger partial charge in [-0.1, -0.05) is 12.1 Å². The topological polar surface area (TPSA) is 82.1 Å². The van der Waals surface area contributed by atoms with Gasteiger partial charge < -0.3 is 20.9 Å². The van der Waals surface area contributed by atoms with Crippen LogP contribution in [0.1, 0.15) is 18.9 Å². The van der Waals surface area contributed by atoms with Crippen molar-refractivity contribution in [1.82, 2.24) is 0 Å². The van der Waals surface area contributed by atoms with Crippen molar-refractivity contribution < 1.29 is 14.7 Å². The monoisotopic (exact) mass is 255 g/mol. The first-order valence-electron chi connectivity index (χ1n) is 5.77. The fourth-order valence-corrected chi connectivity index (χ4v) is 1.72.